The molecule has 1 aliphatic heterocycles. The Balaban J connectivity index is 1.63. The van der Waals surface area contributed by atoms with Crippen LogP contribution in [0.1, 0.15) is 37.3 Å². The second-order valence-corrected chi connectivity index (χ2v) is 6.77. The number of rotatable bonds is 9. The van der Waals surface area contributed by atoms with Gasteiger partial charge in [0, 0.05) is 24.2 Å². The minimum atomic E-state index is 0.0568. The fraction of sp³-hybridized carbons (Fsp3) is 0.348. The van der Waals surface area contributed by atoms with Crippen LogP contribution in [0.25, 0.3) is 5.57 Å². The quantitative estimate of drug-likeness (QED) is 0.536. The molecule has 2 aromatic carbocycles. The lowest BCUT2D eigenvalue weighted by Crippen LogP contribution is -2.31. The second-order valence-electron chi connectivity index (χ2n) is 6.77. The number of anilines is 1. The fourth-order valence-electron chi connectivity index (χ4n) is 3.33. The smallest absolute Gasteiger partial charge is 0.258 e. The maximum absolute atomic E-state index is 12.8. The van der Waals surface area contributed by atoms with Crippen LogP contribution in [0.4, 0.5) is 5.69 Å². The van der Waals surface area contributed by atoms with E-state index >= 15 is 0 Å². The summed E-state index contributed by atoms with van der Waals surface area (Å²) >= 11 is 0. The summed E-state index contributed by atoms with van der Waals surface area (Å²) in [5, 5.41) is 0. The van der Waals surface area contributed by atoms with E-state index in [0.717, 1.165) is 54.9 Å². The molecule has 1 aliphatic rings. The van der Waals surface area contributed by atoms with Crippen LogP contribution in [0, 0.1) is 0 Å². The molecular weight excluding hydrogens is 336 g/mol. The van der Waals surface area contributed by atoms with Gasteiger partial charge in [0.15, 0.2) is 0 Å². The molecule has 1 amide bonds. The maximum atomic E-state index is 12.8. The number of carbonyl (C=O) groups is 1. The number of fused-ring (bicyclic) bond motifs is 1. The van der Waals surface area contributed by atoms with Gasteiger partial charge in [-0.3, -0.25) is 4.79 Å². The number of amides is 1. The number of ether oxygens (including phenoxy) is 1. The highest BCUT2D eigenvalue weighted by molar-refractivity contribution is 6.32. The Morgan fingerprint density at radius 1 is 1.11 bits per heavy atom. The minimum absolute atomic E-state index is 0.0568. The highest BCUT2D eigenvalue weighted by Crippen LogP contribution is 2.36. The van der Waals surface area contributed by atoms with Gasteiger partial charge in [0.1, 0.15) is 5.75 Å². The van der Waals surface area contributed by atoms with Gasteiger partial charge in [0.05, 0.1) is 12.3 Å². The highest BCUT2D eigenvalue weighted by Gasteiger charge is 2.30. The van der Waals surface area contributed by atoms with Crippen molar-refractivity contribution in [3.8, 4) is 5.75 Å². The Morgan fingerprint density at radius 2 is 1.89 bits per heavy atom. The Bertz CT molecular complexity index is 796. The molecule has 2 N–H and O–H groups in total. The van der Waals surface area contributed by atoms with Crippen molar-refractivity contribution in [3.63, 3.8) is 0 Å². The zero-order valence-electron chi connectivity index (χ0n) is 16.0. The molecule has 2 aromatic rings. The van der Waals surface area contributed by atoms with Crippen LogP contribution in [-0.4, -0.2) is 25.6 Å². The molecule has 0 saturated heterocycles. The van der Waals surface area contributed by atoms with Crippen LogP contribution in [0.5, 0.6) is 5.75 Å². The topological polar surface area (TPSA) is 55.6 Å². The molecule has 4 heteroatoms. The molecule has 0 saturated carbocycles. The van der Waals surface area contributed by atoms with Crippen LogP contribution in [0.2, 0.25) is 0 Å². The molecule has 3 rings (SSSR count). The van der Waals surface area contributed by atoms with Crippen molar-refractivity contribution in [3.05, 3.63) is 65.7 Å². The lowest BCUT2D eigenvalue weighted by molar-refractivity contribution is -0.113. The van der Waals surface area contributed by atoms with Gasteiger partial charge in [-0.1, -0.05) is 49.8 Å². The van der Waals surface area contributed by atoms with Crippen LogP contribution in [0.15, 0.2) is 54.6 Å². The fourth-order valence-corrected chi connectivity index (χ4v) is 3.33. The van der Waals surface area contributed by atoms with Gasteiger partial charge in [-0.05, 0) is 43.0 Å². The molecule has 0 bridgehead atoms. The van der Waals surface area contributed by atoms with E-state index < -0.39 is 0 Å². The number of hydrogen-bond donors (Lipinski definition) is 1. The van der Waals surface area contributed by atoms with Crippen molar-refractivity contribution in [2.45, 2.75) is 32.6 Å². The highest BCUT2D eigenvalue weighted by atomic mass is 16.5. The first-order valence-electron chi connectivity index (χ1n) is 9.77. The monoisotopic (exact) mass is 364 g/mol. The van der Waals surface area contributed by atoms with E-state index in [1.54, 1.807) is 4.90 Å². The normalized spacial score (nSPS) is 14.7. The first-order chi connectivity index (χ1) is 13.2. The molecule has 0 atom stereocenters. The molecule has 1 heterocycles. The number of nitrogens with two attached hydrogens (primary N) is 1. The van der Waals surface area contributed by atoms with Gasteiger partial charge in [0.25, 0.3) is 5.91 Å². The standard InChI is InChI=1S/C23H28N2O2/c1-2-3-17-27-19-13-11-18(12-14-19)7-6-9-21-20-8-4-5-10-22(20)25(16-15-24)23(21)26/h4-5,8-14H,2-3,6-7,15-17,24H2,1H3. The first-order valence-corrected chi connectivity index (χ1v) is 9.77. The van der Waals surface area contributed by atoms with Crippen LogP contribution >= 0.6 is 0 Å². The molecule has 0 aromatic heterocycles. The predicted molar refractivity (Wildman–Crippen MR) is 111 cm³/mol. The summed E-state index contributed by atoms with van der Waals surface area (Å²) < 4.78 is 5.70. The Labute approximate surface area is 161 Å². The zero-order valence-corrected chi connectivity index (χ0v) is 16.0. The number of unbranched alkanes of at least 4 members (excludes halogenated alkanes) is 1. The van der Waals surface area contributed by atoms with Crippen LogP contribution in [0.3, 0.4) is 0 Å². The number of hydrogen-bond acceptors (Lipinski definition) is 3. The van der Waals surface area contributed by atoms with Crippen molar-refractivity contribution in [2.24, 2.45) is 5.73 Å². The summed E-state index contributed by atoms with van der Waals surface area (Å²) in [6.07, 6.45) is 5.99. The summed E-state index contributed by atoms with van der Waals surface area (Å²) in [4.78, 5) is 14.5. The van der Waals surface area contributed by atoms with Gasteiger partial charge in [-0.2, -0.15) is 0 Å². The van der Waals surface area contributed by atoms with Crippen molar-refractivity contribution >= 4 is 17.2 Å². The largest absolute Gasteiger partial charge is 0.494 e. The van der Waals surface area contributed by atoms with E-state index in [1.807, 2.05) is 36.4 Å². The van der Waals surface area contributed by atoms with E-state index in [0.29, 0.717) is 13.1 Å². The number of aryl methyl sites for hydroxylation is 1. The molecule has 4 nitrogen and oxygen atoms in total. The van der Waals surface area contributed by atoms with E-state index in [9.17, 15) is 4.79 Å². The average Bonchev–Trinajstić information content (AvgIpc) is 2.96. The zero-order chi connectivity index (χ0) is 19.1. The number of allylic oxidation sites excluding steroid dienone is 1. The molecule has 0 unspecified atom stereocenters. The lowest BCUT2D eigenvalue weighted by atomic mass is 10.0. The van der Waals surface area contributed by atoms with Crippen LogP contribution < -0.4 is 15.4 Å². The minimum Gasteiger partial charge on any atom is -0.494 e. The number of benzene rings is 2. The van der Waals surface area contributed by atoms with Crippen molar-refractivity contribution in [2.75, 3.05) is 24.6 Å². The van der Waals surface area contributed by atoms with Gasteiger partial charge >= 0.3 is 0 Å². The number of carbonyl (C=O) groups excluding carboxylic acids is 1. The summed E-state index contributed by atoms with van der Waals surface area (Å²) in [6, 6.07) is 16.2. The van der Waals surface area contributed by atoms with E-state index in [4.69, 9.17) is 10.5 Å². The van der Waals surface area contributed by atoms with Gasteiger partial charge in [0.2, 0.25) is 0 Å². The molecule has 0 fully saturated rings. The third-order valence-corrected chi connectivity index (χ3v) is 4.78. The molecule has 27 heavy (non-hydrogen) atoms. The first kappa shape index (κ1) is 19.2. The second kappa shape index (κ2) is 9.38. The van der Waals surface area contributed by atoms with Crippen molar-refractivity contribution in [1.29, 1.82) is 0 Å². The van der Waals surface area contributed by atoms with E-state index in [-0.39, 0.29) is 5.91 Å². The average molecular weight is 364 g/mol. The molecule has 0 radical (unpaired) electrons. The predicted octanol–water partition coefficient (Wildman–Crippen LogP) is 4.19. The van der Waals surface area contributed by atoms with E-state index in [2.05, 4.69) is 25.1 Å². The van der Waals surface area contributed by atoms with Crippen molar-refractivity contribution < 1.29 is 9.53 Å². The Hall–Kier alpha value is -2.59. The number of para-hydroxylation sites is 1. The molecule has 0 aliphatic carbocycles. The van der Waals surface area contributed by atoms with Gasteiger partial charge < -0.3 is 15.4 Å². The maximum Gasteiger partial charge on any atom is 0.258 e. The van der Waals surface area contributed by atoms with Crippen LogP contribution in [-0.2, 0) is 11.2 Å². The third kappa shape index (κ3) is 4.58. The SMILES string of the molecule is CCCCOc1ccc(CCC=C2C(=O)N(CCN)c3ccccc32)cc1. The Morgan fingerprint density at radius 3 is 2.63 bits per heavy atom. The lowest BCUT2D eigenvalue weighted by Gasteiger charge is -2.15. The summed E-state index contributed by atoms with van der Waals surface area (Å²) in [7, 11) is 0. The third-order valence-electron chi connectivity index (χ3n) is 4.78. The summed E-state index contributed by atoms with van der Waals surface area (Å²) in [5.74, 6) is 0.976. The van der Waals surface area contributed by atoms with Gasteiger partial charge in [-0.15, -0.1) is 0 Å². The molecule has 0 spiro atoms. The number of nitrogens with zero attached hydrogens (tertiary/aromatic N) is 1. The summed E-state index contributed by atoms with van der Waals surface area (Å²) in [5.41, 5.74) is 9.68. The Kier molecular flexibility index (Phi) is 6.66. The van der Waals surface area contributed by atoms with Gasteiger partial charge in [-0.25, -0.2) is 0 Å². The molecule has 142 valence electrons. The van der Waals surface area contributed by atoms with E-state index in [1.165, 1.54) is 5.56 Å². The molecular formula is C23H28N2O2. The summed E-state index contributed by atoms with van der Waals surface area (Å²) in [6.45, 7) is 3.93. The van der Waals surface area contributed by atoms with Crippen molar-refractivity contribution in [1.82, 2.24) is 0 Å².